The molecule has 1 aliphatic heterocycles. The Hall–Kier alpha value is -1.81. The largest absolute Gasteiger partial charge is 0.328 e. The maximum absolute atomic E-state index is 13.1. The number of aromatic nitrogens is 1. The first-order chi connectivity index (χ1) is 11.8. The van der Waals surface area contributed by atoms with Crippen molar-refractivity contribution in [3.63, 3.8) is 0 Å². The molecule has 1 aromatic carbocycles. The summed E-state index contributed by atoms with van der Waals surface area (Å²) in [6.07, 6.45) is 3.07. The van der Waals surface area contributed by atoms with Crippen LogP contribution in [0.2, 0.25) is 0 Å². The molecule has 1 saturated heterocycles. The van der Waals surface area contributed by atoms with Gasteiger partial charge in [0.1, 0.15) is 4.90 Å². The number of nitrogens with two attached hydrogens (primary N) is 1. The highest BCUT2D eigenvalue weighted by molar-refractivity contribution is 7.89. The molecule has 26 heavy (non-hydrogen) atoms. The second-order valence-corrected chi connectivity index (χ2v) is 8.27. The number of rotatable bonds is 4. The third-order valence-corrected chi connectivity index (χ3v) is 6.59. The Bertz CT molecular complexity index is 920. The lowest BCUT2D eigenvalue weighted by Crippen LogP contribution is -2.45. The lowest BCUT2D eigenvalue weighted by atomic mass is 9.93. The van der Waals surface area contributed by atoms with Crippen LogP contribution >= 0.6 is 12.4 Å². The molecular formula is C16H21ClN4O4S. The van der Waals surface area contributed by atoms with Crippen LogP contribution in [0.25, 0.3) is 10.9 Å². The van der Waals surface area contributed by atoms with E-state index in [0.29, 0.717) is 13.1 Å². The van der Waals surface area contributed by atoms with E-state index >= 15 is 0 Å². The fourth-order valence-corrected chi connectivity index (χ4v) is 4.94. The zero-order chi connectivity index (χ0) is 18.2. The quantitative estimate of drug-likeness (QED) is 0.621. The number of piperidine rings is 1. The number of hydrogen-bond donors (Lipinski definition) is 1. The van der Waals surface area contributed by atoms with Crippen LogP contribution < -0.4 is 5.73 Å². The monoisotopic (exact) mass is 400 g/mol. The van der Waals surface area contributed by atoms with Gasteiger partial charge >= 0.3 is 0 Å². The van der Waals surface area contributed by atoms with E-state index in [1.807, 2.05) is 6.92 Å². The average Bonchev–Trinajstić information content (AvgIpc) is 2.60. The molecule has 2 unspecified atom stereocenters. The number of nitro groups is 1. The first-order valence-corrected chi connectivity index (χ1v) is 9.54. The number of non-ortho nitro benzene ring substituents is 1. The van der Waals surface area contributed by atoms with E-state index < -0.39 is 14.9 Å². The minimum Gasteiger partial charge on any atom is -0.328 e. The molecule has 2 atom stereocenters. The number of nitro benzene ring substituents is 1. The number of pyridine rings is 1. The van der Waals surface area contributed by atoms with Gasteiger partial charge in [0.2, 0.25) is 10.0 Å². The van der Waals surface area contributed by atoms with Crippen LogP contribution in [0, 0.1) is 16.0 Å². The van der Waals surface area contributed by atoms with Crippen molar-refractivity contribution in [3.05, 3.63) is 40.6 Å². The number of nitrogens with zero attached hydrogens (tertiary/aromatic N) is 3. The summed E-state index contributed by atoms with van der Waals surface area (Å²) in [4.78, 5) is 14.8. The van der Waals surface area contributed by atoms with Gasteiger partial charge in [-0.15, -0.1) is 12.4 Å². The molecule has 142 valence electrons. The minimum absolute atomic E-state index is 0. The van der Waals surface area contributed by atoms with Crippen molar-refractivity contribution in [2.45, 2.75) is 30.7 Å². The zero-order valence-electron chi connectivity index (χ0n) is 14.2. The van der Waals surface area contributed by atoms with Crippen molar-refractivity contribution in [1.29, 1.82) is 0 Å². The SMILES string of the molecule is CC(N)C1CCCN(S(=O)(=O)c2ccc([N+](=O)[O-])c3cccnc23)C1.Cl. The first kappa shape index (κ1) is 20.5. The topological polar surface area (TPSA) is 119 Å². The lowest BCUT2D eigenvalue weighted by Gasteiger charge is -2.33. The Morgan fingerprint density at radius 2 is 2.12 bits per heavy atom. The third kappa shape index (κ3) is 3.66. The van der Waals surface area contributed by atoms with Crippen molar-refractivity contribution < 1.29 is 13.3 Å². The molecule has 2 N–H and O–H groups in total. The molecule has 0 amide bonds. The van der Waals surface area contributed by atoms with Crippen LogP contribution in [0.15, 0.2) is 35.4 Å². The summed E-state index contributed by atoms with van der Waals surface area (Å²) in [5.41, 5.74) is 5.91. The normalized spacial score (nSPS) is 19.7. The predicted octanol–water partition coefficient (Wildman–Crippen LogP) is 2.31. The smallest absolute Gasteiger partial charge is 0.278 e. The summed E-state index contributed by atoms with van der Waals surface area (Å²) in [5, 5.41) is 11.4. The minimum atomic E-state index is -3.80. The summed E-state index contributed by atoms with van der Waals surface area (Å²) in [6, 6.07) is 5.48. The van der Waals surface area contributed by atoms with Gasteiger partial charge in [0.05, 0.1) is 15.8 Å². The fourth-order valence-electron chi connectivity index (χ4n) is 3.26. The van der Waals surface area contributed by atoms with Gasteiger partial charge < -0.3 is 5.73 Å². The van der Waals surface area contributed by atoms with Gasteiger partial charge in [-0.05, 0) is 43.9 Å². The standard InChI is InChI=1S/C16H20N4O4S.ClH/c1-11(17)12-4-3-9-19(10-12)25(23,24)15-7-6-14(20(21)22)13-5-2-8-18-16(13)15;/h2,5-8,11-12H,3-4,9-10,17H2,1H3;1H. The highest BCUT2D eigenvalue weighted by Gasteiger charge is 2.33. The fraction of sp³-hybridized carbons (Fsp3) is 0.438. The molecular weight excluding hydrogens is 380 g/mol. The van der Waals surface area contributed by atoms with Crippen LogP contribution in [0.4, 0.5) is 5.69 Å². The molecule has 1 fully saturated rings. The van der Waals surface area contributed by atoms with E-state index in [1.54, 1.807) is 6.07 Å². The number of fused-ring (bicyclic) bond motifs is 1. The van der Waals surface area contributed by atoms with Crippen molar-refractivity contribution in [2.24, 2.45) is 11.7 Å². The second-order valence-electron chi connectivity index (χ2n) is 6.36. The summed E-state index contributed by atoms with van der Waals surface area (Å²) < 4.78 is 27.7. The Morgan fingerprint density at radius 3 is 2.77 bits per heavy atom. The van der Waals surface area contributed by atoms with Gasteiger partial charge in [0.25, 0.3) is 5.69 Å². The molecule has 0 bridgehead atoms. The zero-order valence-corrected chi connectivity index (χ0v) is 15.9. The molecule has 0 radical (unpaired) electrons. The maximum Gasteiger partial charge on any atom is 0.278 e. The van der Waals surface area contributed by atoms with Gasteiger partial charge in [-0.1, -0.05) is 0 Å². The average molecular weight is 401 g/mol. The summed E-state index contributed by atoms with van der Waals surface area (Å²) in [6.45, 7) is 2.64. The molecule has 2 heterocycles. The van der Waals surface area contributed by atoms with Crippen molar-refractivity contribution in [3.8, 4) is 0 Å². The van der Waals surface area contributed by atoms with Gasteiger partial charge in [0, 0.05) is 31.4 Å². The third-order valence-electron chi connectivity index (χ3n) is 4.69. The molecule has 0 spiro atoms. The predicted molar refractivity (Wildman–Crippen MR) is 101 cm³/mol. The molecule has 10 heteroatoms. The number of benzene rings is 1. The molecule has 2 aromatic rings. The Morgan fingerprint density at radius 1 is 1.38 bits per heavy atom. The summed E-state index contributed by atoms with van der Waals surface area (Å²) in [7, 11) is -3.80. The van der Waals surface area contributed by atoms with E-state index in [9.17, 15) is 18.5 Å². The second kappa shape index (κ2) is 7.83. The van der Waals surface area contributed by atoms with E-state index in [-0.39, 0.29) is 45.9 Å². The Kier molecular flexibility index (Phi) is 6.17. The lowest BCUT2D eigenvalue weighted by molar-refractivity contribution is -0.383. The van der Waals surface area contributed by atoms with E-state index in [1.165, 1.54) is 28.7 Å². The maximum atomic E-state index is 13.1. The van der Waals surface area contributed by atoms with Crippen LogP contribution in [-0.4, -0.2) is 41.8 Å². The molecule has 3 rings (SSSR count). The molecule has 1 aliphatic rings. The molecule has 0 aliphatic carbocycles. The first-order valence-electron chi connectivity index (χ1n) is 8.10. The number of halogens is 1. The Labute approximate surface area is 158 Å². The van der Waals surface area contributed by atoms with Crippen LogP contribution in [0.1, 0.15) is 19.8 Å². The number of sulfonamides is 1. The number of hydrogen-bond acceptors (Lipinski definition) is 6. The molecule has 8 nitrogen and oxygen atoms in total. The Balaban J connectivity index is 0.00000243. The van der Waals surface area contributed by atoms with E-state index in [4.69, 9.17) is 5.73 Å². The highest BCUT2D eigenvalue weighted by atomic mass is 35.5. The summed E-state index contributed by atoms with van der Waals surface area (Å²) >= 11 is 0. The highest BCUT2D eigenvalue weighted by Crippen LogP contribution is 2.32. The van der Waals surface area contributed by atoms with Crippen LogP contribution in [0.5, 0.6) is 0 Å². The summed E-state index contributed by atoms with van der Waals surface area (Å²) in [5.74, 6) is 0.0980. The van der Waals surface area contributed by atoms with Crippen molar-refractivity contribution in [2.75, 3.05) is 13.1 Å². The van der Waals surface area contributed by atoms with Gasteiger partial charge in [-0.25, -0.2) is 8.42 Å². The van der Waals surface area contributed by atoms with Crippen LogP contribution in [0.3, 0.4) is 0 Å². The van der Waals surface area contributed by atoms with Crippen molar-refractivity contribution in [1.82, 2.24) is 9.29 Å². The molecule has 0 saturated carbocycles. The van der Waals surface area contributed by atoms with Crippen molar-refractivity contribution >= 4 is 39.0 Å². The van der Waals surface area contributed by atoms with Gasteiger partial charge in [0.15, 0.2) is 0 Å². The van der Waals surface area contributed by atoms with Gasteiger partial charge in [-0.2, -0.15) is 4.31 Å². The van der Waals surface area contributed by atoms with Crippen LogP contribution in [-0.2, 0) is 10.0 Å². The van der Waals surface area contributed by atoms with E-state index in [2.05, 4.69) is 4.98 Å². The molecule has 1 aromatic heterocycles. The van der Waals surface area contributed by atoms with Gasteiger partial charge in [-0.3, -0.25) is 15.1 Å². The van der Waals surface area contributed by atoms with E-state index in [0.717, 1.165) is 12.8 Å².